The predicted molar refractivity (Wildman–Crippen MR) is 108 cm³/mol. The topological polar surface area (TPSA) is 90.7 Å². The largest absolute Gasteiger partial charge is 0.325 e. The van der Waals surface area contributed by atoms with E-state index in [2.05, 4.69) is 27.8 Å². The van der Waals surface area contributed by atoms with Gasteiger partial charge in [0, 0.05) is 11.4 Å². The number of unbranched alkanes of at least 4 members (excludes halogenated alkanes) is 5. The van der Waals surface area contributed by atoms with E-state index in [0.717, 1.165) is 10.1 Å². The van der Waals surface area contributed by atoms with Crippen LogP contribution < -0.4 is 10.6 Å². The van der Waals surface area contributed by atoms with E-state index < -0.39 is 6.03 Å². The Kier molecular flexibility index (Phi) is 8.93. The first-order chi connectivity index (χ1) is 12.7. The minimum absolute atomic E-state index is 0.399. The summed E-state index contributed by atoms with van der Waals surface area (Å²) in [6, 6.07) is 8.38. The quantitative estimate of drug-likeness (QED) is 0.318. The van der Waals surface area contributed by atoms with Gasteiger partial charge in [0.2, 0.25) is 5.13 Å². The first kappa shape index (κ1) is 20.2. The van der Waals surface area contributed by atoms with Gasteiger partial charge in [0.05, 0.1) is 11.6 Å². The Morgan fingerprint density at radius 3 is 2.81 bits per heavy atom. The number of aromatic nitrogens is 2. The highest BCUT2D eigenvalue weighted by atomic mass is 32.2. The van der Waals surface area contributed by atoms with Crippen LogP contribution in [-0.2, 0) is 0 Å². The molecule has 0 aliphatic heterocycles. The van der Waals surface area contributed by atoms with E-state index >= 15 is 0 Å². The molecule has 0 atom stereocenters. The highest BCUT2D eigenvalue weighted by Crippen LogP contribution is 2.26. The van der Waals surface area contributed by atoms with Gasteiger partial charge in [-0.05, 0) is 24.6 Å². The number of thioether (sulfide) groups is 1. The van der Waals surface area contributed by atoms with E-state index in [1.165, 1.54) is 49.9 Å². The third-order valence-electron chi connectivity index (χ3n) is 3.60. The van der Waals surface area contributed by atoms with Gasteiger partial charge < -0.3 is 5.32 Å². The summed E-state index contributed by atoms with van der Waals surface area (Å²) in [6.45, 7) is 2.22. The molecule has 0 fully saturated rings. The molecule has 138 valence electrons. The summed E-state index contributed by atoms with van der Waals surface area (Å²) in [5, 5.41) is 22.8. The molecule has 2 amide bonds. The maximum absolute atomic E-state index is 12.0. The van der Waals surface area contributed by atoms with Crippen molar-refractivity contribution >= 4 is 39.9 Å². The average molecular weight is 390 g/mol. The number of nitrogens with one attached hydrogen (secondary N) is 2. The number of amides is 2. The summed E-state index contributed by atoms with van der Waals surface area (Å²) in [5.74, 6) is 1.02. The van der Waals surface area contributed by atoms with E-state index in [-0.39, 0.29) is 0 Å². The lowest BCUT2D eigenvalue weighted by Gasteiger charge is -2.04. The van der Waals surface area contributed by atoms with Crippen LogP contribution in [0.25, 0.3) is 0 Å². The van der Waals surface area contributed by atoms with Gasteiger partial charge in [-0.3, -0.25) is 5.32 Å². The second-order valence-corrected chi connectivity index (χ2v) is 8.08. The van der Waals surface area contributed by atoms with Crippen molar-refractivity contribution in [2.24, 2.45) is 0 Å². The maximum Gasteiger partial charge on any atom is 0.325 e. The van der Waals surface area contributed by atoms with Gasteiger partial charge in [0.1, 0.15) is 0 Å². The maximum atomic E-state index is 12.0. The number of nitrogens with zero attached hydrogens (tertiary/aromatic N) is 3. The van der Waals surface area contributed by atoms with E-state index in [9.17, 15) is 4.79 Å². The lowest BCUT2D eigenvalue weighted by molar-refractivity contribution is 0.262. The summed E-state index contributed by atoms with van der Waals surface area (Å²) in [5.41, 5.74) is 1.05. The number of carbonyl (C=O) groups excluding carboxylic acids is 1. The van der Waals surface area contributed by atoms with Gasteiger partial charge in [-0.15, -0.1) is 10.2 Å². The minimum atomic E-state index is -0.399. The molecule has 1 heterocycles. The van der Waals surface area contributed by atoms with Gasteiger partial charge in [-0.2, -0.15) is 5.26 Å². The fourth-order valence-electron chi connectivity index (χ4n) is 2.29. The highest BCUT2D eigenvalue weighted by Gasteiger charge is 2.09. The number of nitriles is 1. The number of hydrogen-bond donors (Lipinski definition) is 2. The van der Waals surface area contributed by atoms with Crippen molar-refractivity contribution in [3.05, 3.63) is 29.8 Å². The zero-order chi connectivity index (χ0) is 18.6. The molecule has 0 bridgehead atoms. The molecule has 0 aliphatic rings. The van der Waals surface area contributed by atoms with Crippen molar-refractivity contribution in [3.63, 3.8) is 0 Å². The van der Waals surface area contributed by atoms with Crippen molar-refractivity contribution in [1.29, 1.82) is 5.26 Å². The Morgan fingerprint density at radius 2 is 2.00 bits per heavy atom. The van der Waals surface area contributed by atoms with Crippen LogP contribution >= 0.6 is 23.1 Å². The first-order valence-electron chi connectivity index (χ1n) is 8.75. The van der Waals surface area contributed by atoms with Crippen LogP contribution in [0.15, 0.2) is 28.6 Å². The normalized spacial score (nSPS) is 10.3. The Balaban J connectivity index is 1.70. The lowest BCUT2D eigenvalue weighted by Crippen LogP contribution is -2.19. The molecule has 0 aliphatic carbocycles. The van der Waals surface area contributed by atoms with Gasteiger partial charge in [0.25, 0.3) is 0 Å². The Morgan fingerprint density at radius 1 is 1.19 bits per heavy atom. The summed E-state index contributed by atoms with van der Waals surface area (Å²) in [7, 11) is 0. The number of anilines is 2. The van der Waals surface area contributed by atoms with Crippen molar-refractivity contribution in [2.45, 2.75) is 49.8 Å². The van der Waals surface area contributed by atoms with Crippen LogP contribution in [0, 0.1) is 11.3 Å². The van der Waals surface area contributed by atoms with E-state index in [4.69, 9.17) is 5.26 Å². The number of rotatable bonds is 10. The molecular formula is C18H23N5OS2. The second-order valence-electron chi connectivity index (χ2n) is 5.76. The van der Waals surface area contributed by atoms with E-state index in [0.29, 0.717) is 16.4 Å². The average Bonchev–Trinajstić information content (AvgIpc) is 3.08. The number of benzene rings is 1. The van der Waals surface area contributed by atoms with E-state index in [1.54, 1.807) is 36.0 Å². The first-order valence-corrected chi connectivity index (χ1v) is 10.6. The van der Waals surface area contributed by atoms with Gasteiger partial charge >= 0.3 is 6.03 Å². The molecule has 0 spiro atoms. The highest BCUT2D eigenvalue weighted by molar-refractivity contribution is 8.01. The lowest BCUT2D eigenvalue weighted by atomic mass is 10.1. The van der Waals surface area contributed by atoms with Crippen LogP contribution in [-0.4, -0.2) is 22.0 Å². The Labute approximate surface area is 162 Å². The molecular weight excluding hydrogens is 366 g/mol. The summed E-state index contributed by atoms with van der Waals surface area (Å²) in [4.78, 5) is 12.0. The van der Waals surface area contributed by atoms with Crippen molar-refractivity contribution < 1.29 is 4.79 Å². The summed E-state index contributed by atoms with van der Waals surface area (Å²) in [6.07, 6.45) is 7.63. The molecule has 2 N–H and O–H groups in total. The third kappa shape index (κ3) is 7.42. The van der Waals surface area contributed by atoms with Crippen LogP contribution in [0.1, 0.15) is 51.0 Å². The second kappa shape index (κ2) is 11.5. The summed E-state index contributed by atoms with van der Waals surface area (Å²) < 4.78 is 0.861. The SMILES string of the molecule is CCCCCCCCSc1nnc(NC(=O)Nc2cccc(C#N)c2)s1. The van der Waals surface area contributed by atoms with Gasteiger partial charge in [-0.1, -0.05) is 68.2 Å². The molecule has 2 aromatic rings. The van der Waals surface area contributed by atoms with Crippen LogP contribution in [0.4, 0.5) is 15.6 Å². The van der Waals surface area contributed by atoms with E-state index in [1.807, 2.05) is 6.07 Å². The molecule has 1 aromatic carbocycles. The predicted octanol–water partition coefficient (Wildman–Crippen LogP) is 5.51. The van der Waals surface area contributed by atoms with Crippen LogP contribution in [0.3, 0.4) is 0 Å². The molecule has 0 radical (unpaired) electrons. The zero-order valence-electron chi connectivity index (χ0n) is 14.8. The molecule has 26 heavy (non-hydrogen) atoms. The zero-order valence-corrected chi connectivity index (χ0v) is 16.5. The van der Waals surface area contributed by atoms with Gasteiger partial charge in [-0.25, -0.2) is 4.79 Å². The van der Waals surface area contributed by atoms with Crippen LogP contribution in [0.2, 0.25) is 0 Å². The van der Waals surface area contributed by atoms with Crippen LogP contribution in [0.5, 0.6) is 0 Å². The fourth-order valence-corrected chi connectivity index (χ4v) is 4.10. The molecule has 8 heteroatoms. The molecule has 6 nitrogen and oxygen atoms in total. The smallest absolute Gasteiger partial charge is 0.308 e. The molecule has 1 aromatic heterocycles. The van der Waals surface area contributed by atoms with Crippen molar-refractivity contribution in [2.75, 3.05) is 16.4 Å². The molecule has 0 unspecified atom stereocenters. The minimum Gasteiger partial charge on any atom is -0.308 e. The molecule has 2 rings (SSSR count). The number of carbonyl (C=O) groups is 1. The Hall–Kier alpha value is -2.11. The van der Waals surface area contributed by atoms with Gasteiger partial charge in [0.15, 0.2) is 4.34 Å². The fraction of sp³-hybridized carbons (Fsp3) is 0.444. The molecule has 0 saturated carbocycles. The monoisotopic (exact) mass is 389 g/mol. The number of hydrogen-bond acceptors (Lipinski definition) is 6. The number of urea groups is 1. The Bertz CT molecular complexity index is 741. The third-order valence-corrected chi connectivity index (χ3v) is 5.66. The summed E-state index contributed by atoms with van der Waals surface area (Å²) >= 11 is 3.05. The standard InChI is InChI=1S/C18H23N5OS2/c1-2-3-4-5-6-7-11-25-18-23-22-17(26-18)21-16(24)20-15-10-8-9-14(12-15)13-19/h8-10,12H,2-7,11H2,1H3,(H2,20,21,22,24). The van der Waals surface area contributed by atoms with Crippen molar-refractivity contribution in [3.8, 4) is 6.07 Å². The molecule has 0 saturated heterocycles. The van der Waals surface area contributed by atoms with Crippen molar-refractivity contribution in [1.82, 2.24) is 10.2 Å².